The van der Waals surface area contributed by atoms with Crippen molar-refractivity contribution in [1.82, 2.24) is 10.6 Å². The Balaban J connectivity index is 3.11. The molecule has 0 aliphatic carbocycles. The summed E-state index contributed by atoms with van der Waals surface area (Å²) < 4.78 is 5.34. The molecule has 0 amide bonds. The van der Waals surface area contributed by atoms with Gasteiger partial charge in [-0.15, -0.1) is 0 Å². The van der Waals surface area contributed by atoms with Gasteiger partial charge in [0, 0.05) is 7.11 Å². The van der Waals surface area contributed by atoms with Crippen LogP contribution in [0.1, 0.15) is 40.0 Å². The average Bonchev–Trinajstić information content (AvgIpc) is 2.22. The molecule has 3 nitrogen and oxygen atoms in total. The summed E-state index contributed by atoms with van der Waals surface area (Å²) in [7, 11) is 1.77. The third-order valence-electron chi connectivity index (χ3n) is 2.59. The van der Waals surface area contributed by atoms with Gasteiger partial charge in [0.2, 0.25) is 0 Å². The molecule has 0 atom stereocenters. The zero-order valence-electron chi connectivity index (χ0n) is 10.9. The van der Waals surface area contributed by atoms with Crippen molar-refractivity contribution in [2.75, 3.05) is 33.3 Å². The highest BCUT2D eigenvalue weighted by atomic mass is 16.5. The molecule has 0 aromatic carbocycles. The first-order chi connectivity index (χ1) is 7.12. The highest BCUT2D eigenvalue weighted by molar-refractivity contribution is 4.68. The van der Waals surface area contributed by atoms with Crippen molar-refractivity contribution < 1.29 is 4.74 Å². The molecule has 15 heavy (non-hydrogen) atoms. The van der Waals surface area contributed by atoms with E-state index in [2.05, 4.69) is 31.4 Å². The molecule has 2 N–H and O–H groups in total. The van der Waals surface area contributed by atoms with Gasteiger partial charge in [-0.05, 0) is 59.3 Å². The molecule has 0 saturated heterocycles. The first kappa shape index (κ1) is 14.9. The molecule has 0 fully saturated rings. The lowest BCUT2D eigenvalue weighted by Gasteiger charge is -2.22. The Hall–Kier alpha value is -0.120. The minimum atomic E-state index is 0.00740. The van der Waals surface area contributed by atoms with Crippen LogP contribution in [0.15, 0.2) is 0 Å². The standard InChI is InChI=1S/C12H28N2O/c1-5-8-13-9-6-10-14-11-7-12(2,3)15-4/h13-14H,5-11H2,1-4H3. The van der Waals surface area contributed by atoms with E-state index in [0.29, 0.717) is 0 Å². The lowest BCUT2D eigenvalue weighted by Crippen LogP contribution is -2.30. The van der Waals surface area contributed by atoms with Gasteiger partial charge < -0.3 is 15.4 Å². The molecule has 0 spiro atoms. The molecular formula is C12H28N2O. The van der Waals surface area contributed by atoms with Crippen LogP contribution in [-0.4, -0.2) is 38.9 Å². The van der Waals surface area contributed by atoms with Crippen LogP contribution >= 0.6 is 0 Å². The van der Waals surface area contributed by atoms with Crippen molar-refractivity contribution in [3.8, 4) is 0 Å². The van der Waals surface area contributed by atoms with E-state index < -0.39 is 0 Å². The zero-order chi connectivity index (χ0) is 11.6. The summed E-state index contributed by atoms with van der Waals surface area (Å²) >= 11 is 0. The van der Waals surface area contributed by atoms with Gasteiger partial charge in [-0.25, -0.2) is 0 Å². The van der Waals surface area contributed by atoms with E-state index in [4.69, 9.17) is 4.74 Å². The normalized spacial score (nSPS) is 12.0. The van der Waals surface area contributed by atoms with Crippen LogP contribution in [0.5, 0.6) is 0 Å². The fourth-order valence-corrected chi connectivity index (χ4v) is 1.26. The quantitative estimate of drug-likeness (QED) is 0.546. The Morgan fingerprint density at radius 3 is 2.13 bits per heavy atom. The molecule has 0 aliphatic heterocycles. The molecule has 0 aliphatic rings. The molecule has 0 radical (unpaired) electrons. The van der Waals surface area contributed by atoms with Crippen molar-refractivity contribution in [3.63, 3.8) is 0 Å². The van der Waals surface area contributed by atoms with Gasteiger partial charge in [0.25, 0.3) is 0 Å². The number of methoxy groups -OCH3 is 1. The Kier molecular flexibility index (Phi) is 9.06. The topological polar surface area (TPSA) is 33.3 Å². The minimum absolute atomic E-state index is 0.00740. The minimum Gasteiger partial charge on any atom is -0.379 e. The van der Waals surface area contributed by atoms with E-state index in [1.165, 1.54) is 12.8 Å². The van der Waals surface area contributed by atoms with Gasteiger partial charge >= 0.3 is 0 Å². The molecule has 0 rings (SSSR count). The maximum absolute atomic E-state index is 5.34. The molecule has 92 valence electrons. The summed E-state index contributed by atoms with van der Waals surface area (Å²) in [6.45, 7) is 10.8. The number of rotatable bonds is 10. The van der Waals surface area contributed by atoms with Crippen LogP contribution in [-0.2, 0) is 4.74 Å². The van der Waals surface area contributed by atoms with Crippen molar-refractivity contribution in [3.05, 3.63) is 0 Å². The monoisotopic (exact) mass is 216 g/mol. The maximum atomic E-state index is 5.34. The van der Waals surface area contributed by atoms with Crippen molar-refractivity contribution in [1.29, 1.82) is 0 Å². The van der Waals surface area contributed by atoms with E-state index in [-0.39, 0.29) is 5.60 Å². The van der Waals surface area contributed by atoms with Crippen LogP contribution in [0.25, 0.3) is 0 Å². The first-order valence-corrected chi connectivity index (χ1v) is 6.09. The van der Waals surface area contributed by atoms with E-state index in [0.717, 1.165) is 32.6 Å². The molecule has 3 heteroatoms. The Labute approximate surface area is 95.0 Å². The summed E-state index contributed by atoms with van der Waals surface area (Å²) in [5.74, 6) is 0. The van der Waals surface area contributed by atoms with Gasteiger partial charge in [-0.2, -0.15) is 0 Å². The molecule has 0 aromatic heterocycles. The van der Waals surface area contributed by atoms with Gasteiger partial charge in [-0.1, -0.05) is 6.92 Å². The summed E-state index contributed by atoms with van der Waals surface area (Å²) in [4.78, 5) is 0. The third-order valence-corrected chi connectivity index (χ3v) is 2.59. The SMILES string of the molecule is CCCNCCCNCCC(C)(C)OC. The largest absolute Gasteiger partial charge is 0.379 e. The van der Waals surface area contributed by atoms with E-state index >= 15 is 0 Å². The van der Waals surface area contributed by atoms with Crippen LogP contribution < -0.4 is 10.6 Å². The van der Waals surface area contributed by atoms with Crippen LogP contribution in [0.4, 0.5) is 0 Å². The van der Waals surface area contributed by atoms with Crippen molar-refractivity contribution in [2.45, 2.75) is 45.6 Å². The number of hydrogen-bond acceptors (Lipinski definition) is 3. The highest BCUT2D eigenvalue weighted by Gasteiger charge is 2.14. The molecule has 0 unspecified atom stereocenters. The van der Waals surface area contributed by atoms with Crippen LogP contribution in [0.3, 0.4) is 0 Å². The smallest absolute Gasteiger partial charge is 0.0634 e. The predicted molar refractivity (Wildman–Crippen MR) is 66.4 cm³/mol. The fraction of sp³-hybridized carbons (Fsp3) is 1.00. The van der Waals surface area contributed by atoms with Gasteiger partial charge in [0.05, 0.1) is 5.60 Å². The van der Waals surface area contributed by atoms with E-state index in [1.54, 1.807) is 7.11 Å². The van der Waals surface area contributed by atoms with Gasteiger partial charge in [0.1, 0.15) is 0 Å². The molecular weight excluding hydrogens is 188 g/mol. The van der Waals surface area contributed by atoms with Crippen molar-refractivity contribution in [2.24, 2.45) is 0 Å². The maximum Gasteiger partial charge on any atom is 0.0634 e. The molecule has 0 bridgehead atoms. The third kappa shape index (κ3) is 10.2. The Morgan fingerprint density at radius 1 is 1.00 bits per heavy atom. The van der Waals surface area contributed by atoms with E-state index in [9.17, 15) is 0 Å². The summed E-state index contributed by atoms with van der Waals surface area (Å²) in [5.41, 5.74) is 0.00740. The van der Waals surface area contributed by atoms with E-state index in [1.807, 2.05) is 0 Å². The second-order valence-electron chi connectivity index (χ2n) is 4.57. The lowest BCUT2D eigenvalue weighted by atomic mass is 10.1. The second kappa shape index (κ2) is 9.13. The first-order valence-electron chi connectivity index (χ1n) is 6.09. The Morgan fingerprint density at radius 2 is 1.60 bits per heavy atom. The van der Waals surface area contributed by atoms with Gasteiger partial charge in [0.15, 0.2) is 0 Å². The zero-order valence-corrected chi connectivity index (χ0v) is 10.9. The fourth-order valence-electron chi connectivity index (χ4n) is 1.26. The highest BCUT2D eigenvalue weighted by Crippen LogP contribution is 2.10. The number of hydrogen-bond donors (Lipinski definition) is 2. The predicted octanol–water partition coefficient (Wildman–Crippen LogP) is 1.78. The average molecular weight is 216 g/mol. The van der Waals surface area contributed by atoms with Gasteiger partial charge in [-0.3, -0.25) is 0 Å². The summed E-state index contributed by atoms with van der Waals surface area (Å²) in [6.07, 6.45) is 3.48. The van der Waals surface area contributed by atoms with Crippen LogP contribution in [0.2, 0.25) is 0 Å². The Bertz CT molecular complexity index is 138. The lowest BCUT2D eigenvalue weighted by molar-refractivity contribution is 0.0159. The summed E-state index contributed by atoms with van der Waals surface area (Å²) in [6, 6.07) is 0. The molecule has 0 aromatic rings. The second-order valence-corrected chi connectivity index (χ2v) is 4.57. The van der Waals surface area contributed by atoms with Crippen molar-refractivity contribution >= 4 is 0 Å². The summed E-state index contributed by atoms with van der Waals surface area (Å²) in [5, 5.41) is 6.82. The molecule has 0 heterocycles. The number of ether oxygens (including phenoxy) is 1. The number of nitrogens with one attached hydrogen (secondary N) is 2. The molecule has 0 saturated carbocycles. The van der Waals surface area contributed by atoms with Crippen LogP contribution in [0, 0.1) is 0 Å².